The molecule has 0 saturated heterocycles. The molecule has 0 aromatic heterocycles. The molecule has 1 aromatic carbocycles. The van der Waals surface area contributed by atoms with E-state index in [-0.39, 0.29) is 5.91 Å². The van der Waals surface area contributed by atoms with Crippen molar-refractivity contribution in [2.45, 2.75) is 32.6 Å². The van der Waals surface area contributed by atoms with Crippen molar-refractivity contribution in [2.75, 3.05) is 11.9 Å². The van der Waals surface area contributed by atoms with E-state index in [2.05, 4.69) is 12.2 Å². The van der Waals surface area contributed by atoms with E-state index in [0.717, 1.165) is 19.3 Å². The molecule has 1 unspecified atom stereocenters. The normalized spacial score (nSPS) is 12.2. The van der Waals surface area contributed by atoms with E-state index in [1.807, 2.05) is 0 Å². The van der Waals surface area contributed by atoms with Gasteiger partial charge in [0, 0.05) is 6.42 Å². The van der Waals surface area contributed by atoms with Crippen LogP contribution >= 0.6 is 34.8 Å². The Morgan fingerprint density at radius 2 is 1.85 bits per heavy atom. The van der Waals surface area contributed by atoms with Gasteiger partial charge >= 0.3 is 0 Å². The molecule has 0 aliphatic carbocycles. The molecule has 1 amide bonds. The van der Waals surface area contributed by atoms with Crippen molar-refractivity contribution < 1.29 is 4.79 Å². The largest absolute Gasteiger partial charge is 0.330 e. The molecule has 0 heterocycles. The third-order valence-corrected chi connectivity index (χ3v) is 4.25. The first kappa shape index (κ1) is 17.6. The predicted molar refractivity (Wildman–Crippen MR) is 86.8 cm³/mol. The lowest BCUT2D eigenvalue weighted by molar-refractivity contribution is -0.116. The lowest BCUT2D eigenvalue weighted by Crippen LogP contribution is -2.15. The van der Waals surface area contributed by atoms with Crippen LogP contribution in [0.2, 0.25) is 15.1 Å². The first-order chi connectivity index (χ1) is 9.47. The van der Waals surface area contributed by atoms with Gasteiger partial charge in [-0.2, -0.15) is 0 Å². The van der Waals surface area contributed by atoms with Gasteiger partial charge in [-0.1, -0.05) is 48.1 Å². The maximum Gasteiger partial charge on any atom is 0.224 e. The number of carbonyl (C=O) groups excluding carboxylic acids is 1. The van der Waals surface area contributed by atoms with Crippen LogP contribution in [-0.2, 0) is 4.79 Å². The molecule has 1 atom stereocenters. The third-order valence-electron chi connectivity index (χ3n) is 3.22. The maximum absolute atomic E-state index is 11.9. The highest BCUT2D eigenvalue weighted by molar-refractivity contribution is 6.44. The highest BCUT2D eigenvalue weighted by Crippen LogP contribution is 2.32. The van der Waals surface area contributed by atoms with E-state index in [1.54, 1.807) is 6.07 Å². The van der Waals surface area contributed by atoms with Crippen LogP contribution < -0.4 is 11.1 Å². The zero-order chi connectivity index (χ0) is 15.1. The van der Waals surface area contributed by atoms with Crippen LogP contribution in [0.15, 0.2) is 12.1 Å². The van der Waals surface area contributed by atoms with Crippen LogP contribution in [-0.4, -0.2) is 12.5 Å². The summed E-state index contributed by atoms with van der Waals surface area (Å²) in [7, 11) is 0. The van der Waals surface area contributed by atoms with Gasteiger partial charge in [-0.3, -0.25) is 4.79 Å². The molecule has 0 fully saturated rings. The van der Waals surface area contributed by atoms with Crippen molar-refractivity contribution in [3.8, 4) is 0 Å². The van der Waals surface area contributed by atoms with Crippen molar-refractivity contribution in [1.29, 1.82) is 0 Å². The molecule has 0 bridgehead atoms. The summed E-state index contributed by atoms with van der Waals surface area (Å²) in [6.45, 7) is 2.76. The number of hydrogen-bond donors (Lipinski definition) is 2. The molecule has 6 heteroatoms. The van der Waals surface area contributed by atoms with Crippen LogP contribution in [0.25, 0.3) is 0 Å². The minimum Gasteiger partial charge on any atom is -0.330 e. The fourth-order valence-electron chi connectivity index (χ4n) is 1.95. The number of hydrogen-bond acceptors (Lipinski definition) is 2. The molecular weight excluding hydrogens is 319 g/mol. The Hall–Kier alpha value is -0.480. The fraction of sp³-hybridized carbons (Fsp3) is 0.500. The number of carbonyl (C=O) groups is 1. The Bertz CT molecular complexity index is 466. The quantitative estimate of drug-likeness (QED) is 0.706. The summed E-state index contributed by atoms with van der Waals surface area (Å²) >= 11 is 17.8. The number of halogens is 3. The predicted octanol–water partition coefficient (Wildman–Crippen LogP) is 4.74. The van der Waals surface area contributed by atoms with Crippen LogP contribution in [0.5, 0.6) is 0 Å². The Morgan fingerprint density at radius 1 is 1.20 bits per heavy atom. The smallest absolute Gasteiger partial charge is 0.224 e. The highest BCUT2D eigenvalue weighted by atomic mass is 35.5. The summed E-state index contributed by atoms with van der Waals surface area (Å²) in [5, 5.41) is 3.86. The standard InChI is InChI=1S/C14H19Cl3N2O/c1-2-9(5-6-18)3-4-14(20)19-13-8-11(16)10(15)7-12(13)17/h7-9H,2-6,18H2,1H3,(H,19,20). The maximum atomic E-state index is 11.9. The second kappa shape index (κ2) is 8.73. The average Bonchev–Trinajstić information content (AvgIpc) is 2.40. The van der Waals surface area contributed by atoms with Crippen molar-refractivity contribution in [1.82, 2.24) is 0 Å². The number of benzene rings is 1. The van der Waals surface area contributed by atoms with E-state index in [0.29, 0.717) is 39.6 Å². The van der Waals surface area contributed by atoms with Crippen molar-refractivity contribution in [3.63, 3.8) is 0 Å². The van der Waals surface area contributed by atoms with Crippen LogP contribution in [0.1, 0.15) is 32.6 Å². The SMILES string of the molecule is CCC(CCN)CCC(=O)Nc1cc(Cl)c(Cl)cc1Cl. The molecule has 20 heavy (non-hydrogen) atoms. The molecule has 112 valence electrons. The Balaban J connectivity index is 2.56. The first-order valence-corrected chi connectivity index (χ1v) is 7.75. The highest BCUT2D eigenvalue weighted by Gasteiger charge is 2.12. The Labute approximate surface area is 134 Å². The van der Waals surface area contributed by atoms with E-state index in [9.17, 15) is 4.79 Å². The van der Waals surface area contributed by atoms with Crippen molar-refractivity contribution in [3.05, 3.63) is 27.2 Å². The molecule has 0 aliphatic rings. The minimum absolute atomic E-state index is 0.0826. The summed E-state index contributed by atoms with van der Waals surface area (Å²) in [6.07, 6.45) is 3.23. The Kier molecular flexibility index (Phi) is 7.67. The van der Waals surface area contributed by atoms with Gasteiger partial charge in [0.05, 0.1) is 20.8 Å². The first-order valence-electron chi connectivity index (χ1n) is 6.62. The number of rotatable bonds is 7. The third kappa shape index (κ3) is 5.49. The van der Waals surface area contributed by atoms with Gasteiger partial charge in [0.1, 0.15) is 0 Å². The summed E-state index contributed by atoms with van der Waals surface area (Å²) in [5.74, 6) is 0.399. The monoisotopic (exact) mass is 336 g/mol. The lowest BCUT2D eigenvalue weighted by atomic mass is 9.96. The second-order valence-electron chi connectivity index (χ2n) is 4.68. The Morgan fingerprint density at radius 3 is 2.45 bits per heavy atom. The number of anilines is 1. The summed E-state index contributed by atoms with van der Waals surface area (Å²) in [4.78, 5) is 11.9. The van der Waals surface area contributed by atoms with E-state index in [1.165, 1.54) is 6.07 Å². The second-order valence-corrected chi connectivity index (χ2v) is 5.91. The van der Waals surface area contributed by atoms with Gasteiger partial charge in [-0.15, -0.1) is 0 Å². The number of nitrogens with one attached hydrogen (secondary N) is 1. The summed E-state index contributed by atoms with van der Waals surface area (Å²) in [5.41, 5.74) is 6.02. The van der Waals surface area contributed by atoms with Crippen molar-refractivity contribution >= 4 is 46.4 Å². The lowest BCUT2D eigenvalue weighted by Gasteiger charge is -2.14. The average molecular weight is 338 g/mol. The molecule has 0 spiro atoms. The summed E-state index contributed by atoms with van der Waals surface area (Å²) in [6, 6.07) is 3.08. The molecule has 3 nitrogen and oxygen atoms in total. The zero-order valence-electron chi connectivity index (χ0n) is 11.4. The van der Waals surface area contributed by atoms with Gasteiger partial charge in [-0.05, 0) is 37.4 Å². The van der Waals surface area contributed by atoms with Crippen molar-refractivity contribution in [2.24, 2.45) is 11.7 Å². The van der Waals surface area contributed by atoms with Gasteiger partial charge < -0.3 is 11.1 Å². The summed E-state index contributed by atoms with van der Waals surface area (Å²) < 4.78 is 0. The van der Waals surface area contributed by atoms with Crippen LogP contribution in [0, 0.1) is 5.92 Å². The van der Waals surface area contributed by atoms with Gasteiger partial charge in [0.2, 0.25) is 5.91 Å². The van der Waals surface area contributed by atoms with E-state index in [4.69, 9.17) is 40.5 Å². The number of nitrogens with two attached hydrogens (primary N) is 1. The molecule has 0 aliphatic heterocycles. The van der Waals surface area contributed by atoms with Gasteiger partial charge in [0.15, 0.2) is 0 Å². The zero-order valence-corrected chi connectivity index (χ0v) is 13.7. The molecule has 1 aromatic rings. The van der Waals surface area contributed by atoms with Crippen LogP contribution in [0.3, 0.4) is 0 Å². The minimum atomic E-state index is -0.0826. The molecular formula is C14H19Cl3N2O. The van der Waals surface area contributed by atoms with Gasteiger partial charge in [0.25, 0.3) is 0 Å². The van der Waals surface area contributed by atoms with E-state index < -0.39 is 0 Å². The molecule has 1 rings (SSSR count). The van der Waals surface area contributed by atoms with Crippen LogP contribution in [0.4, 0.5) is 5.69 Å². The van der Waals surface area contributed by atoms with E-state index >= 15 is 0 Å². The molecule has 0 saturated carbocycles. The van der Waals surface area contributed by atoms with Gasteiger partial charge in [-0.25, -0.2) is 0 Å². The number of amides is 1. The topological polar surface area (TPSA) is 55.1 Å². The molecule has 3 N–H and O–H groups in total. The fourth-order valence-corrected chi connectivity index (χ4v) is 2.55. The molecule has 0 radical (unpaired) electrons.